The summed E-state index contributed by atoms with van der Waals surface area (Å²) in [5.41, 5.74) is 0. The predicted molar refractivity (Wildman–Crippen MR) is 85.4 cm³/mol. The minimum Gasteiger partial charge on any atom is -0.396 e. The van der Waals surface area contributed by atoms with E-state index in [1.54, 1.807) is 0 Å². The zero-order valence-corrected chi connectivity index (χ0v) is 13.8. The van der Waals surface area contributed by atoms with Crippen LogP contribution in [0.5, 0.6) is 0 Å². The molecule has 19 heavy (non-hydrogen) atoms. The summed E-state index contributed by atoms with van der Waals surface area (Å²) in [6.07, 6.45) is 13.1. The van der Waals surface area contributed by atoms with Crippen LogP contribution < -0.4 is 0 Å². The first-order valence-electron chi connectivity index (χ1n) is 8.63. The van der Waals surface area contributed by atoms with Crippen molar-refractivity contribution in [1.82, 2.24) is 0 Å². The number of quaternary nitrogens is 1. The summed E-state index contributed by atoms with van der Waals surface area (Å²) in [7, 11) is 2.42. The van der Waals surface area contributed by atoms with Crippen molar-refractivity contribution in [3.05, 3.63) is 0 Å². The maximum Gasteiger partial charge on any atom is 0.0785 e. The molecule has 1 unspecified atom stereocenters. The summed E-state index contributed by atoms with van der Waals surface area (Å²) >= 11 is 0. The van der Waals surface area contributed by atoms with E-state index in [9.17, 15) is 0 Å². The van der Waals surface area contributed by atoms with Crippen molar-refractivity contribution in [2.75, 3.05) is 33.3 Å². The Labute approximate surface area is 121 Å². The van der Waals surface area contributed by atoms with E-state index in [1.807, 2.05) is 0 Å². The number of hydrogen-bond acceptors (Lipinski definition) is 1. The Kier molecular flexibility index (Phi) is 12.9. The number of aliphatic hydroxyl groups is 1. The SMILES string of the molecule is CCCCCCC[N+](C)(CCCCC)CCCCO. The van der Waals surface area contributed by atoms with Gasteiger partial charge in [-0.25, -0.2) is 0 Å². The monoisotopic (exact) mass is 272 g/mol. The molecule has 0 bridgehead atoms. The van der Waals surface area contributed by atoms with Crippen LogP contribution in [0, 0.1) is 0 Å². The lowest BCUT2D eigenvalue weighted by molar-refractivity contribution is -0.910. The van der Waals surface area contributed by atoms with E-state index in [0.717, 1.165) is 6.42 Å². The molecule has 0 aromatic heterocycles. The van der Waals surface area contributed by atoms with Crippen molar-refractivity contribution in [1.29, 1.82) is 0 Å². The van der Waals surface area contributed by atoms with Crippen LogP contribution in [-0.4, -0.2) is 42.9 Å². The lowest BCUT2D eigenvalue weighted by Crippen LogP contribution is -2.46. The number of rotatable bonds is 14. The molecule has 0 spiro atoms. The standard InChI is InChI=1S/C17H38NO/c1-4-6-8-9-11-15-18(3,14-10-7-5-2)16-12-13-17-19/h19H,4-17H2,1-3H3/q+1. The van der Waals surface area contributed by atoms with Crippen LogP contribution in [0.3, 0.4) is 0 Å². The molecule has 0 aliphatic heterocycles. The lowest BCUT2D eigenvalue weighted by atomic mass is 10.1. The van der Waals surface area contributed by atoms with Gasteiger partial charge in [0.15, 0.2) is 0 Å². The fourth-order valence-corrected chi connectivity index (χ4v) is 2.78. The molecule has 1 atom stereocenters. The van der Waals surface area contributed by atoms with Gasteiger partial charge in [0.25, 0.3) is 0 Å². The lowest BCUT2D eigenvalue weighted by Gasteiger charge is -2.35. The Morgan fingerprint density at radius 2 is 1.05 bits per heavy atom. The topological polar surface area (TPSA) is 20.2 Å². The second kappa shape index (κ2) is 12.9. The molecule has 2 heteroatoms. The van der Waals surface area contributed by atoms with Gasteiger partial charge in [0.05, 0.1) is 26.7 Å². The molecule has 0 amide bonds. The fraction of sp³-hybridized carbons (Fsp3) is 1.00. The molecule has 0 aromatic carbocycles. The molecule has 0 aliphatic carbocycles. The fourth-order valence-electron chi connectivity index (χ4n) is 2.78. The highest BCUT2D eigenvalue weighted by atomic mass is 16.2. The first-order valence-corrected chi connectivity index (χ1v) is 8.63. The summed E-state index contributed by atoms with van der Waals surface area (Å²) in [6.45, 7) is 8.82. The van der Waals surface area contributed by atoms with E-state index in [4.69, 9.17) is 5.11 Å². The van der Waals surface area contributed by atoms with E-state index in [2.05, 4.69) is 20.9 Å². The molecule has 0 radical (unpaired) electrons. The Balaban J connectivity index is 3.92. The molecule has 116 valence electrons. The third-order valence-electron chi connectivity index (χ3n) is 4.21. The quantitative estimate of drug-likeness (QED) is 0.368. The zero-order chi connectivity index (χ0) is 14.4. The largest absolute Gasteiger partial charge is 0.396 e. The van der Waals surface area contributed by atoms with Crippen molar-refractivity contribution < 1.29 is 9.59 Å². The van der Waals surface area contributed by atoms with Gasteiger partial charge in [-0.2, -0.15) is 0 Å². The second-order valence-electron chi connectivity index (χ2n) is 6.34. The van der Waals surface area contributed by atoms with Gasteiger partial charge in [-0.1, -0.05) is 39.5 Å². The van der Waals surface area contributed by atoms with Crippen LogP contribution in [0.25, 0.3) is 0 Å². The predicted octanol–water partition coefficient (Wildman–Crippen LogP) is 4.37. The average molecular weight is 272 g/mol. The normalized spacial score (nSPS) is 14.5. The molecule has 0 aliphatic rings. The average Bonchev–Trinajstić information content (AvgIpc) is 2.39. The first-order chi connectivity index (χ1) is 9.18. The molecule has 0 aromatic rings. The Morgan fingerprint density at radius 1 is 0.632 bits per heavy atom. The summed E-state index contributed by atoms with van der Waals surface area (Å²) in [5.74, 6) is 0. The molecular weight excluding hydrogens is 234 g/mol. The molecule has 0 heterocycles. The van der Waals surface area contributed by atoms with Crippen LogP contribution in [0.1, 0.15) is 78.1 Å². The summed E-state index contributed by atoms with van der Waals surface area (Å²) in [6, 6.07) is 0. The van der Waals surface area contributed by atoms with E-state index in [1.165, 1.54) is 81.9 Å². The first kappa shape index (κ1) is 18.9. The molecule has 0 saturated carbocycles. The Bertz CT molecular complexity index is 172. The third-order valence-corrected chi connectivity index (χ3v) is 4.21. The minimum absolute atomic E-state index is 0.353. The van der Waals surface area contributed by atoms with Crippen molar-refractivity contribution in [2.45, 2.75) is 78.1 Å². The van der Waals surface area contributed by atoms with Crippen molar-refractivity contribution >= 4 is 0 Å². The highest BCUT2D eigenvalue weighted by Gasteiger charge is 2.19. The Morgan fingerprint density at radius 3 is 1.58 bits per heavy atom. The number of unbranched alkanes of at least 4 members (excludes halogenated alkanes) is 7. The minimum atomic E-state index is 0.353. The van der Waals surface area contributed by atoms with Gasteiger partial charge in [-0.05, 0) is 38.5 Å². The Hall–Kier alpha value is -0.0800. The van der Waals surface area contributed by atoms with Gasteiger partial charge in [-0.3, -0.25) is 0 Å². The van der Waals surface area contributed by atoms with Gasteiger partial charge in [0, 0.05) is 6.61 Å². The maximum absolute atomic E-state index is 8.94. The van der Waals surface area contributed by atoms with E-state index in [0.29, 0.717) is 6.61 Å². The highest BCUT2D eigenvalue weighted by molar-refractivity contribution is 4.48. The maximum atomic E-state index is 8.94. The molecule has 0 fully saturated rings. The van der Waals surface area contributed by atoms with Crippen LogP contribution in [0.15, 0.2) is 0 Å². The highest BCUT2D eigenvalue weighted by Crippen LogP contribution is 2.13. The van der Waals surface area contributed by atoms with Gasteiger partial charge in [0.1, 0.15) is 0 Å². The second-order valence-corrected chi connectivity index (χ2v) is 6.34. The van der Waals surface area contributed by atoms with E-state index < -0.39 is 0 Å². The number of aliphatic hydroxyl groups excluding tert-OH is 1. The van der Waals surface area contributed by atoms with Crippen LogP contribution >= 0.6 is 0 Å². The van der Waals surface area contributed by atoms with Crippen molar-refractivity contribution in [3.63, 3.8) is 0 Å². The van der Waals surface area contributed by atoms with Crippen molar-refractivity contribution in [2.24, 2.45) is 0 Å². The van der Waals surface area contributed by atoms with E-state index >= 15 is 0 Å². The smallest absolute Gasteiger partial charge is 0.0785 e. The summed E-state index contributed by atoms with van der Waals surface area (Å²) in [5, 5.41) is 8.94. The molecule has 0 rings (SSSR count). The van der Waals surface area contributed by atoms with Gasteiger partial charge in [0.2, 0.25) is 0 Å². The molecule has 2 nitrogen and oxygen atoms in total. The zero-order valence-electron chi connectivity index (χ0n) is 13.8. The summed E-state index contributed by atoms with van der Waals surface area (Å²) < 4.78 is 1.23. The third kappa shape index (κ3) is 11.4. The molecular formula is C17H38NO+. The molecule has 0 saturated heterocycles. The van der Waals surface area contributed by atoms with Crippen LogP contribution in [0.4, 0.5) is 0 Å². The number of nitrogens with zero attached hydrogens (tertiary/aromatic N) is 1. The number of hydrogen-bond donors (Lipinski definition) is 1. The van der Waals surface area contributed by atoms with Crippen LogP contribution in [0.2, 0.25) is 0 Å². The molecule has 1 N–H and O–H groups in total. The summed E-state index contributed by atoms with van der Waals surface area (Å²) in [4.78, 5) is 0. The van der Waals surface area contributed by atoms with Gasteiger partial charge in [-0.15, -0.1) is 0 Å². The van der Waals surface area contributed by atoms with Crippen LogP contribution in [-0.2, 0) is 0 Å². The van der Waals surface area contributed by atoms with Gasteiger partial charge < -0.3 is 9.59 Å². The van der Waals surface area contributed by atoms with Gasteiger partial charge >= 0.3 is 0 Å². The van der Waals surface area contributed by atoms with Crippen molar-refractivity contribution in [3.8, 4) is 0 Å². The van der Waals surface area contributed by atoms with E-state index in [-0.39, 0.29) is 0 Å².